The fraction of sp³-hybridized carbons (Fsp3) is 0.529. The molecular formula is C17H27N. The third-order valence-electron chi connectivity index (χ3n) is 3.36. The fourth-order valence-electron chi connectivity index (χ4n) is 2.38. The molecular weight excluding hydrogens is 218 g/mol. The quantitative estimate of drug-likeness (QED) is 0.728. The van der Waals surface area contributed by atoms with E-state index in [0.29, 0.717) is 0 Å². The van der Waals surface area contributed by atoms with Gasteiger partial charge in [0.15, 0.2) is 0 Å². The van der Waals surface area contributed by atoms with Crippen LogP contribution in [0.1, 0.15) is 51.7 Å². The smallest absolute Gasteiger partial charge is 0.0443 e. The Hall–Kier alpha value is -1.24. The summed E-state index contributed by atoms with van der Waals surface area (Å²) in [6.45, 7) is 13.7. The normalized spacial score (nSPS) is 13.8. The lowest BCUT2D eigenvalue weighted by Crippen LogP contribution is -2.27. The maximum atomic E-state index is 4.19. The molecule has 0 aromatic heterocycles. The van der Waals surface area contributed by atoms with Crippen LogP contribution in [0.25, 0.3) is 0 Å². The van der Waals surface area contributed by atoms with Crippen molar-refractivity contribution in [3.8, 4) is 0 Å². The minimum atomic E-state index is 1.10. The van der Waals surface area contributed by atoms with Gasteiger partial charge in [-0.25, -0.2) is 0 Å². The van der Waals surface area contributed by atoms with Gasteiger partial charge in [0.2, 0.25) is 0 Å². The van der Waals surface area contributed by atoms with E-state index >= 15 is 0 Å². The predicted octanol–water partition coefficient (Wildman–Crippen LogP) is 4.95. The van der Waals surface area contributed by atoms with E-state index in [1.54, 1.807) is 0 Å². The van der Waals surface area contributed by atoms with Crippen LogP contribution in [0.5, 0.6) is 0 Å². The first-order valence-corrected chi connectivity index (χ1v) is 7.33. The SMILES string of the molecule is C=C1CCc2ccc(CC)cc2N1CCC.CC. The number of hydrogen-bond donors (Lipinski definition) is 0. The average molecular weight is 245 g/mol. The second kappa shape index (κ2) is 7.25. The number of aryl methyl sites for hydroxylation is 2. The van der Waals surface area contributed by atoms with Crippen molar-refractivity contribution in [3.63, 3.8) is 0 Å². The van der Waals surface area contributed by atoms with Crippen LogP contribution in [-0.2, 0) is 12.8 Å². The van der Waals surface area contributed by atoms with E-state index in [9.17, 15) is 0 Å². The van der Waals surface area contributed by atoms with Gasteiger partial charge < -0.3 is 4.90 Å². The zero-order valence-electron chi connectivity index (χ0n) is 12.4. The number of allylic oxidation sites excluding steroid dienone is 1. The van der Waals surface area contributed by atoms with Crippen molar-refractivity contribution >= 4 is 5.69 Å². The predicted molar refractivity (Wildman–Crippen MR) is 82.3 cm³/mol. The molecule has 0 fully saturated rings. The van der Waals surface area contributed by atoms with E-state index in [0.717, 1.165) is 25.8 Å². The largest absolute Gasteiger partial charge is 0.345 e. The van der Waals surface area contributed by atoms with Gasteiger partial charge in [-0.1, -0.05) is 46.4 Å². The van der Waals surface area contributed by atoms with Gasteiger partial charge >= 0.3 is 0 Å². The summed E-state index contributed by atoms with van der Waals surface area (Å²) in [5, 5.41) is 0. The van der Waals surface area contributed by atoms with E-state index in [1.807, 2.05) is 13.8 Å². The summed E-state index contributed by atoms with van der Waals surface area (Å²) in [7, 11) is 0. The van der Waals surface area contributed by atoms with Gasteiger partial charge in [-0.3, -0.25) is 0 Å². The molecule has 2 rings (SSSR count). The van der Waals surface area contributed by atoms with Crippen LogP contribution in [0.2, 0.25) is 0 Å². The lowest BCUT2D eigenvalue weighted by molar-refractivity contribution is 0.761. The molecule has 0 spiro atoms. The lowest BCUT2D eigenvalue weighted by atomic mass is 9.97. The van der Waals surface area contributed by atoms with E-state index < -0.39 is 0 Å². The number of rotatable bonds is 3. The van der Waals surface area contributed by atoms with Crippen molar-refractivity contribution in [1.82, 2.24) is 0 Å². The summed E-state index contributed by atoms with van der Waals surface area (Å²) in [5.41, 5.74) is 5.59. The Morgan fingerprint density at radius 3 is 2.50 bits per heavy atom. The van der Waals surface area contributed by atoms with E-state index in [-0.39, 0.29) is 0 Å². The molecule has 1 nitrogen and oxygen atoms in total. The third-order valence-corrected chi connectivity index (χ3v) is 3.36. The van der Waals surface area contributed by atoms with Crippen LogP contribution >= 0.6 is 0 Å². The molecule has 0 saturated carbocycles. The maximum Gasteiger partial charge on any atom is 0.0443 e. The number of hydrogen-bond acceptors (Lipinski definition) is 1. The maximum absolute atomic E-state index is 4.19. The van der Waals surface area contributed by atoms with Crippen LogP contribution < -0.4 is 4.90 Å². The standard InChI is InChI=1S/C15H21N.C2H6/c1-4-10-16-12(3)6-8-14-9-7-13(5-2)11-15(14)16;1-2/h7,9,11H,3-6,8,10H2,1-2H3;1-2H3. The molecule has 1 aliphatic rings. The Morgan fingerprint density at radius 2 is 1.89 bits per heavy atom. The molecule has 0 N–H and O–H groups in total. The number of fused-ring (bicyclic) bond motifs is 1. The molecule has 0 amide bonds. The Morgan fingerprint density at radius 1 is 1.17 bits per heavy atom. The van der Waals surface area contributed by atoms with Gasteiger partial charge in [0.05, 0.1) is 0 Å². The highest BCUT2D eigenvalue weighted by Gasteiger charge is 2.19. The number of benzene rings is 1. The summed E-state index contributed by atoms with van der Waals surface area (Å²) >= 11 is 0. The molecule has 100 valence electrons. The molecule has 0 bridgehead atoms. The highest BCUT2D eigenvalue weighted by Crippen LogP contribution is 2.33. The number of anilines is 1. The zero-order valence-corrected chi connectivity index (χ0v) is 12.4. The molecule has 1 aromatic carbocycles. The van der Waals surface area contributed by atoms with Crippen molar-refractivity contribution in [3.05, 3.63) is 41.6 Å². The Balaban J connectivity index is 0.000000771. The average Bonchev–Trinajstić information content (AvgIpc) is 2.44. The first-order chi connectivity index (χ1) is 8.76. The summed E-state index contributed by atoms with van der Waals surface area (Å²) in [6.07, 6.45) is 4.55. The molecule has 1 aromatic rings. The van der Waals surface area contributed by atoms with Crippen molar-refractivity contribution < 1.29 is 0 Å². The minimum Gasteiger partial charge on any atom is -0.345 e. The Labute approximate surface area is 113 Å². The molecule has 18 heavy (non-hydrogen) atoms. The Bertz CT molecular complexity index is 393. The molecule has 0 radical (unpaired) electrons. The fourth-order valence-corrected chi connectivity index (χ4v) is 2.38. The molecule has 1 aliphatic heterocycles. The van der Waals surface area contributed by atoms with Crippen molar-refractivity contribution in [2.24, 2.45) is 0 Å². The monoisotopic (exact) mass is 245 g/mol. The van der Waals surface area contributed by atoms with Crippen LogP contribution in [0.4, 0.5) is 5.69 Å². The van der Waals surface area contributed by atoms with Gasteiger partial charge in [0, 0.05) is 17.9 Å². The second-order valence-electron chi connectivity index (χ2n) is 4.53. The lowest BCUT2D eigenvalue weighted by Gasteiger charge is -2.33. The summed E-state index contributed by atoms with van der Waals surface area (Å²) in [5.74, 6) is 0. The highest BCUT2D eigenvalue weighted by molar-refractivity contribution is 5.61. The van der Waals surface area contributed by atoms with Gasteiger partial charge in [-0.2, -0.15) is 0 Å². The van der Waals surface area contributed by atoms with Crippen LogP contribution in [0.15, 0.2) is 30.5 Å². The topological polar surface area (TPSA) is 3.24 Å². The molecule has 1 heteroatoms. The van der Waals surface area contributed by atoms with Gasteiger partial charge in [-0.15, -0.1) is 0 Å². The van der Waals surface area contributed by atoms with Crippen LogP contribution in [-0.4, -0.2) is 6.54 Å². The van der Waals surface area contributed by atoms with Crippen LogP contribution in [0.3, 0.4) is 0 Å². The zero-order chi connectivity index (χ0) is 13.5. The van der Waals surface area contributed by atoms with Crippen molar-refractivity contribution in [2.75, 3.05) is 11.4 Å². The van der Waals surface area contributed by atoms with E-state index in [4.69, 9.17) is 0 Å². The van der Waals surface area contributed by atoms with Gasteiger partial charge in [-0.05, 0) is 42.9 Å². The molecule has 0 saturated heterocycles. The summed E-state index contributed by atoms with van der Waals surface area (Å²) in [6, 6.07) is 6.90. The van der Waals surface area contributed by atoms with E-state index in [1.165, 1.54) is 28.9 Å². The molecule has 0 aliphatic carbocycles. The molecule has 0 atom stereocenters. The third kappa shape index (κ3) is 3.16. The molecule has 0 unspecified atom stereocenters. The van der Waals surface area contributed by atoms with E-state index in [2.05, 4.69) is 43.5 Å². The first kappa shape index (κ1) is 14.8. The first-order valence-electron chi connectivity index (χ1n) is 7.33. The van der Waals surface area contributed by atoms with Gasteiger partial charge in [0.25, 0.3) is 0 Å². The minimum absolute atomic E-state index is 1.10. The highest BCUT2D eigenvalue weighted by atomic mass is 15.1. The van der Waals surface area contributed by atoms with Gasteiger partial charge in [0.1, 0.15) is 0 Å². The summed E-state index contributed by atoms with van der Waals surface area (Å²) < 4.78 is 0. The van der Waals surface area contributed by atoms with Crippen molar-refractivity contribution in [1.29, 1.82) is 0 Å². The van der Waals surface area contributed by atoms with Crippen molar-refractivity contribution in [2.45, 2.75) is 53.4 Å². The molecule has 1 heterocycles. The second-order valence-corrected chi connectivity index (χ2v) is 4.53. The van der Waals surface area contributed by atoms with Crippen LogP contribution in [0, 0.1) is 0 Å². The Kier molecular flexibility index (Phi) is 5.97. The summed E-state index contributed by atoms with van der Waals surface area (Å²) in [4.78, 5) is 2.40. The number of nitrogens with zero attached hydrogens (tertiary/aromatic N) is 1.